The van der Waals surface area contributed by atoms with Crippen LogP contribution in [-0.4, -0.2) is 29.0 Å². The lowest BCUT2D eigenvalue weighted by molar-refractivity contribution is -0.132. The zero-order chi connectivity index (χ0) is 22.7. The van der Waals surface area contributed by atoms with E-state index in [4.69, 9.17) is 16.3 Å². The standard InChI is InChI=1S/C24H27ClN4O3/c1-24(10-4-3-5-11-24)22(31)26-14-15-6-8-17(25)19(12-15)28-23-27-18-9-7-16(21(30)32-2)13-20(18)29-23/h6-9,12-13H,3-5,10-11,14H2,1-2H3,(H,26,31)(H2,27,28,29). The van der Waals surface area contributed by atoms with Crippen LogP contribution in [0.1, 0.15) is 54.9 Å². The molecule has 2 aromatic carbocycles. The summed E-state index contributed by atoms with van der Waals surface area (Å²) in [4.78, 5) is 32.1. The molecule has 1 aliphatic rings. The molecule has 8 heteroatoms. The zero-order valence-corrected chi connectivity index (χ0v) is 19.0. The molecule has 0 atom stereocenters. The quantitative estimate of drug-likeness (QED) is 0.437. The monoisotopic (exact) mass is 454 g/mol. The van der Waals surface area contributed by atoms with Crippen molar-refractivity contribution in [2.75, 3.05) is 12.4 Å². The number of aromatic nitrogens is 2. The molecule has 3 N–H and O–H groups in total. The summed E-state index contributed by atoms with van der Waals surface area (Å²) in [5.41, 5.74) is 3.19. The number of nitrogens with one attached hydrogen (secondary N) is 3. The second-order valence-corrected chi connectivity index (χ2v) is 8.96. The molecule has 168 valence electrons. The highest BCUT2D eigenvalue weighted by molar-refractivity contribution is 6.33. The average Bonchev–Trinajstić information content (AvgIpc) is 3.20. The van der Waals surface area contributed by atoms with Crippen molar-refractivity contribution in [3.63, 3.8) is 0 Å². The van der Waals surface area contributed by atoms with Crippen molar-refractivity contribution in [1.82, 2.24) is 15.3 Å². The number of methoxy groups -OCH3 is 1. The van der Waals surface area contributed by atoms with Crippen LogP contribution < -0.4 is 10.6 Å². The SMILES string of the molecule is COC(=O)c1ccc2nc(Nc3cc(CNC(=O)C4(C)CCCCC4)ccc3Cl)[nH]c2c1. The highest BCUT2D eigenvalue weighted by Gasteiger charge is 2.34. The maximum Gasteiger partial charge on any atom is 0.337 e. The highest BCUT2D eigenvalue weighted by atomic mass is 35.5. The summed E-state index contributed by atoms with van der Waals surface area (Å²) in [5, 5.41) is 6.82. The molecule has 1 saturated carbocycles. The van der Waals surface area contributed by atoms with Crippen molar-refractivity contribution in [3.05, 3.63) is 52.5 Å². The Balaban J connectivity index is 1.47. The third kappa shape index (κ3) is 4.72. The van der Waals surface area contributed by atoms with Crippen molar-refractivity contribution < 1.29 is 14.3 Å². The molecule has 4 rings (SSSR count). The van der Waals surface area contributed by atoms with Crippen molar-refractivity contribution in [2.24, 2.45) is 5.41 Å². The summed E-state index contributed by atoms with van der Waals surface area (Å²) < 4.78 is 4.76. The number of esters is 1. The predicted octanol–water partition coefficient (Wildman–Crippen LogP) is 5.33. The number of aromatic amines is 1. The van der Waals surface area contributed by atoms with Crippen LogP contribution in [0.2, 0.25) is 5.02 Å². The first-order valence-electron chi connectivity index (χ1n) is 10.8. The number of imidazole rings is 1. The number of rotatable bonds is 6. The third-order valence-electron chi connectivity index (χ3n) is 6.15. The predicted molar refractivity (Wildman–Crippen MR) is 125 cm³/mol. The summed E-state index contributed by atoms with van der Waals surface area (Å²) in [6, 6.07) is 10.7. The van der Waals surface area contributed by atoms with E-state index in [1.165, 1.54) is 13.5 Å². The normalized spacial score (nSPS) is 15.3. The van der Waals surface area contributed by atoms with Crippen LogP contribution in [0.15, 0.2) is 36.4 Å². The third-order valence-corrected chi connectivity index (χ3v) is 6.47. The molecule has 0 bridgehead atoms. The van der Waals surface area contributed by atoms with E-state index >= 15 is 0 Å². The number of ether oxygens (including phenoxy) is 1. The van der Waals surface area contributed by atoms with Gasteiger partial charge in [0, 0.05) is 12.0 Å². The van der Waals surface area contributed by atoms with Crippen molar-refractivity contribution in [3.8, 4) is 0 Å². The summed E-state index contributed by atoms with van der Waals surface area (Å²) in [7, 11) is 1.35. The van der Waals surface area contributed by atoms with E-state index in [1.807, 2.05) is 12.1 Å². The summed E-state index contributed by atoms with van der Waals surface area (Å²) in [6.07, 6.45) is 5.31. The van der Waals surface area contributed by atoms with Crippen LogP contribution >= 0.6 is 11.6 Å². The first kappa shape index (κ1) is 22.1. The first-order chi connectivity index (χ1) is 15.4. The molecule has 32 heavy (non-hydrogen) atoms. The van der Waals surface area contributed by atoms with Crippen LogP contribution in [0.4, 0.5) is 11.6 Å². The number of halogens is 1. The topological polar surface area (TPSA) is 96.1 Å². The van der Waals surface area contributed by atoms with Gasteiger partial charge in [0.1, 0.15) is 0 Å². The van der Waals surface area contributed by atoms with Gasteiger partial charge < -0.3 is 20.4 Å². The van der Waals surface area contributed by atoms with E-state index < -0.39 is 5.97 Å². The van der Waals surface area contributed by atoms with Crippen molar-refractivity contribution in [2.45, 2.75) is 45.6 Å². The van der Waals surface area contributed by atoms with Gasteiger partial charge in [0.2, 0.25) is 11.9 Å². The van der Waals surface area contributed by atoms with Gasteiger partial charge in [0.15, 0.2) is 0 Å². The van der Waals surface area contributed by atoms with Gasteiger partial charge in [-0.05, 0) is 48.7 Å². The molecule has 7 nitrogen and oxygen atoms in total. The minimum Gasteiger partial charge on any atom is -0.465 e. The largest absolute Gasteiger partial charge is 0.465 e. The van der Waals surface area contributed by atoms with E-state index in [9.17, 15) is 9.59 Å². The lowest BCUT2D eigenvalue weighted by Crippen LogP contribution is -2.39. The molecule has 1 heterocycles. The fraction of sp³-hybridized carbons (Fsp3) is 0.375. The number of hydrogen-bond donors (Lipinski definition) is 3. The number of benzene rings is 2. The molecule has 0 unspecified atom stereocenters. The van der Waals surface area contributed by atoms with E-state index in [-0.39, 0.29) is 11.3 Å². The van der Waals surface area contributed by atoms with Gasteiger partial charge in [-0.3, -0.25) is 4.79 Å². The molecule has 0 radical (unpaired) electrons. The Morgan fingerprint density at radius 2 is 1.94 bits per heavy atom. The van der Waals surface area contributed by atoms with Crippen LogP contribution in [0.5, 0.6) is 0 Å². The van der Waals surface area contributed by atoms with E-state index in [0.717, 1.165) is 31.2 Å². The Morgan fingerprint density at radius 1 is 1.16 bits per heavy atom. The number of fused-ring (bicyclic) bond motifs is 1. The van der Waals surface area contributed by atoms with Gasteiger partial charge in [-0.15, -0.1) is 0 Å². The second kappa shape index (κ2) is 9.20. The van der Waals surface area contributed by atoms with Crippen LogP contribution in [-0.2, 0) is 16.1 Å². The number of amides is 1. The molecule has 0 saturated heterocycles. The van der Waals surface area contributed by atoms with Gasteiger partial charge >= 0.3 is 5.97 Å². The van der Waals surface area contributed by atoms with Crippen molar-refractivity contribution >= 4 is 46.1 Å². The maximum atomic E-state index is 12.7. The molecular weight excluding hydrogens is 428 g/mol. The summed E-state index contributed by atoms with van der Waals surface area (Å²) >= 11 is 6.38. The lowest BCUT2D eigenvalue weighted by Gasteiger charge is -2.32. The molecule has 1 aliphatic carbocycles. The Labute approximate surface area is 191 Å². The van der Waals surface area contributed by atoms with Crippen LogP contribution in [0, 0.1) is 5.41 Å². The minimum absolute atomic E-state index is 0.111. The fourth-order valence-corrected chi connectivity index (χ4v) is 4.34. The van der Waals surface area contributed by atoms with E-state index in [2.05, 4.69) is 27.5 Å². The minimum atomic E-state index is -0.407. The Bertz CT molecular complexity index is 1150. The number of carbonyl (C=O) groups is 2. The average molecular weight is 455 g/mol. The van der Waals surface area contributed by atoms with Gasteiger partial charge in [0.05, 0.1) is 34.4 Å². The number of carbonyl (C=O) groups excluding carboxylic acids is 2. The molecule has 3 aromatic rings. The molecule has 0 spiro atoms. The Kier molecular flexibility index (Phi) is 6.37. The van der Waals surface area contributed by atoms with Crippen LogP contribution in [0.25, 0.3) is 11.0 Å². The van der Waals surface area contributed by atoms with Gasteiger partial charge in [0.25, 0.3) is 0 Å². The number of hydrogen-bond acceptors (Lipinski definition) is 5. The van der Waals surface area contributed by atoms with Gasteiger partial charge in [-0.1, -0.05) is 43.9 Å². The maximum absolute atomic E-state index is 12.7. The number of nitrogens with zero attached hydrogens (tertiary/aromatic N) is 1. The molecule has 1 aromatic heterocycles. The Morgan fingerprint density at radius 3 is 2.69 bits per heavy atom. The highest BCUT2D eigenvalue weighted by Crippen LogP contribution is 2.36. The molecular formula is C24H27ClN4O3. The van der Waals surface area contributed by atoms with Crippen molar-refractivity contribution in [1.29, 1.82) is 0 Å². The van der Waals surface area contributed by atoms with E-state index in [1.54, 1.807) is 24.3 Å². The summed E-state index contributed by atoms with van der Waals surface area (Å²) in [5.74, 6) is 0.205. The van der Waals surface area contributed by atoms with Gasteiger partial charge in [-0.25, -0.2) is 9.78 Å². The molecule has 1 fully saturated rings. The fourth-order valence-electron chi connectivity index (χ4n) is 4.17. The lowest BCUT2D eigenvalue weighted by atomic mass is 9.75. The molecule has 0 aliphatic heterocycles. The van der Waals surface area contributed by atoms with Gasteiger partial charge in [-0.2, -0.15) is 0 Å². The number of anilines is 2. The zero-order valence-electron chi connectivity index (χ0n) is 18.3. The second-order valence-electron chi connectivity index (χ2n) is 8.55. The smallest absolute Gasteiger partial charge is 0.337 e. The van der Waals surface area contributed by atoms with Crippen LogP contribution in [0.3, 0.4) is 0 Å². The summed E-state index contributed by atoms with van der Waals surface area (Å²) in [6.45, 7) is 2.49. The first-order valence-corrected chi connectivity index (χ1v) is 11.2. The molecule has 1 amide bonds. The van der Waals surface area contributed by atoms with E-state index in [0.29, 0.717) is 39.8 Å². The Hall–Kier alpha value is -3.06. The number of H-pyrrole nitrogens is 1.